The second-order valence-electron chi connectivity index (χ2n) is 7.63. The van der Waals surface area contributed by atoms with Crippen LogP contribution in [0.2, 0.25) is 10.0 Å². The van der Waals surface area contributed by atoms with Crippen LogP contribution in [0.5, 0.6) is 0 Å². The SMILES string of the molecule is CC(C)CNS(=O)(=O)c1cc(C(=O)N[C@H]2CCCc3ccccc32)c(Cl)cc1Cl. The molecule has 1 amide bonds. The molecule has 2 aromatic rings. The molecule has 0 saturated heterocycles. The fourth-order valence-corrected chi connectivity index (χ4v) is 5.47. The quantitative estimate of drug-likeness (QED) is 0.661. The lowest BCUT2D eigenvalue weighted by Gasteiger charge is -2.26. The lowest BCUT2D eigenvalue weighted by Crippen LogP contribution is -2.32. The van der Waals surface area contributed by atoms with Crippen molar-refractivity contribution in [1.82, 2.24) is 10.0 Å². The summed E-state index contributed by atoms with van der Waals surface area (Å²) in [6.07, 6.45) is 2.76. The summed E-state index contributed by atoms with van der Waals surface area (Å²) in [5.41, 5.74) is 2.39. The minimum absolute atomic E-state index is 0.0224. The first-order valence-corrected chi connectivity index (χ1v) is 11.8. The van der Waals surface area contributed by atoms with E-state index in [1.165, 1.54) is 17.7 Å². The molecular formula is C21H24Cl2N2O3S. The fraction of sp³-hybridized carbons (Fsp3) is 0.381. The van der Waals surface area contributed by atoms with E-state index in [0.717, 1.165) is 24.8 Å². The topological polar surface area (TPSA) is 75.3 Å². The Kier molecular flexibility index (Phi) is 6.89. The smallest absolute Gasteiger partial charge is 0.253 e. The maximum absolute atomic E-state index is 12.9. The van der Waals surface area contributed by atoms with Crippen LogP contribution in [0.3, 0.4) is 0 Å². The summed E-state index contributed by atoms with van der Waals surface area (Å²) >= 11 is 12.4. The number of nitrogens with one attached hydrogen (secondary N) is 2. The predicted octanol–water partition coefficient (Wildman–Crippen LogP) is 4.74. The van der Waals surface area contributed by atoms with Crippen LogP contribution in [0, 0.1) is 5.92 Å². The molecule has 0 heterocycles. The molecule has 0 aromatic heterocycles. The van der Waals surface area contributed by atoms with Crippen LogP contribution in [0.15, 0.2) is 41.3 Å². The zero-order valence-corrected chi connectivity index (χ0v) is 18.7. The molecule has 3 rings (SSSR count). The number of hydrogen-bond acceptors (Lipinski definition) is 3. The number of carbonyl (C=O) groups excluding carboxylic acids is 1. The number of sulfonamides is 1. The van der Waals surface area contributed by atoms with Crippen LogP contribution in [0.1, 0.15) is 54.2 Å². The monoisotopic (exact) mass is 454 g/mol. The fourth-order valence-electron chi connectivity index (χ4n) is 3.40. The number of halogens is 2. The highest BCUT2D eigenvalue weighted by Gasteiger charge is 2.26. The van der Waals surface area contributed by atoms with Gasteiger partial charge in [0.2, 0.25) is 10.0 Å². The molecule has 2 aromatic carbocycles. The lowest BCUT2D eigenvalue weighted by atomic mass is 9.87. The summed E-state index contributed by atoms with van der Waals surface area (Å²) in [6, 6.07) is 10.4. The molecular weight excluding hydrogens is 431 g/mol. The van der Waals surface area contributed by atoms with E-state index in [1.54, 1.807) is 0 Å². The summed E-state index contributed by atoms with van der Waals surface area (Å²) in [5.74, 6) is -0.293. The van der Waals surface area contributed by atoms with Gasteiger partial charge in [-0.3, -0.25) is 4.79 Å². The normalized spacial score (nSPS) is 16.5. The van der Waals surface area contributed by atoms with Gasteiger partial charge < -0.3 is 5.32 Å². The molecule has 29 heavy (non-hydrogen) atoms. The molecule has 8 heteroatoms. The number of carbonyl (C=O) groups is 1. The molecule has 0 aliphatic heterocycles. The summed E-state index contributed by atoms with van der Waals surface area (Å²) < 4.78 is 27.8. The Morgan fingerprint density at radius 2 is 1.90 bits per heavy atom. The van der Waals surface area contributed by atoms with Gasteiger partial charge in [0.1, 0.15) is 4.90 Å². The Labute approximate surface area is 181 Å². The van der Waals surface area contributed by atoms with E-state index in [4.69, 9.17) is 23.2 Å². The molecule has 0 bridgehead atoms. The largest absolute Gasteiger partial charge is 0.345 e. The molecule has 2 N–H and O–H groups in total. The maximum Gasteiger partial charge on any atom is 0.253 e. The Balaban J connectivity index is 1.88. The van der Waals surface area contributed by atoms with Crippen molar-refractivity contribution in [3.63, 3.8) is 0 Å². The Morgan fingerprint density at radius 3 is 2.62 bits per heavy atom. The third-order valence-electron chi connectivity index (χ3n) is 4.91. The number of fused-ring (bicyclic) bond motifs is 1. The molecule has 0 saturated carbocycles. The van der Waals surface area contributed by atoms with Gasteiger partial charge in [-0.2, -0.15) is 0 Å². The van der Waals surface area contributed by atoms with Gasteiger partial charge >= 0.3 is 0 Å². The van der Waals surface area contributed by atoms with Crippen molar-refractivity contribution in [1.29, 1.82) is 0 Å². The van der Waals surface area contributed by atoms with Crippen LogP contribution >= 0.6 is 23.2 Å². The van der Waals surface area contributed by atoms with Crippen LogP contribution in [-0.4, -0.2) is 20.9 Å². The standard InChI is InChI=1S/C21H24Cl2N2O3S/c1-13(2)12-24-29(27,28)20-10-16(17(22)11-18(20)23)21(26)25-19-9-5-7-14-6-3-4-8-15(14)19/h3-4,6,8,10-11,13,19,24H,5,7,9,12H2,1-2H3,(H,25,26)/t19-/m0/s1. The van der Waals surface area contributed by atoms with Crippen LogP contribution < -0.4 is 10.0 Å². The third-order valence-corrected chi connectivity index (χ3v) is 7.11. The third kappa shape index (κ3) is 5.12. The molecule has 0 unspecified atom stereocenters. The first-order valence-electron chi connectivity index (χ1n) is 9.56. The Bertz CT molecular complexity index is 1020. The Hall–Kier alpha value is -1.60. The molecule has 1 aliphatic carbocycles. The number of benzene rings is 2. The van der Waals surface area contributed by atoms with Crippen molar-refractivity contribution in [3.05, 3.63) is 63.1 Å². The van der Waals surface area contributed by atoms with Crippen LogP contribution in [-0.2, 0) is 16.4 Å². The first kappa shape index (κ1) is 22.1. The number of amides is 1. The average Bonchev–Trinajstić information content (AvgIpc) is 2.66. The second-order valence-corrected chi connectivity index (χ2v) is 10.2. The molecule has 1 atom stereocenters. The first-order chi connectivity index (χ1) is 13.7. The summed E-state index contributed by atoms with van der Waals surface area (Å²) in [7, 11) is -3.86. The van der Waals surface area contributed by atoms with Crippen molar-refractivity contribution >= 4 is 39.1 Å². The van der Waals surface area contributed by atoms with Crippen LogP contribution in [0.25, 0.3) is 0 Å². The maximum atomic E-state index is 12.9. The van der Waals surface area contributed by atoms with Crippen molar-refractivity contribution < 1.29 is 13.2 Å². The molecule has 0 fully saturated rings. The average molecular weight is 455 g/mol. The van der Waals surface area contributed by atoms with Gasteiger partial charge in [-0.15, -0.1) is 0 Å². The predicted molar refractivity (Wildman–Crippen MR) is 116 cm³/mol. The van der Waals surface area contributed by atoms with E-state index in [2.05, 4.69) is 16.1 Å². The zero-order valence-electron chi connectivity index (χ0n) is 16.3. The van der Waals surface area contributed by atoms with Gasteiger partial charge in [-0.25, -0.2) is 13.1 Å². The van der Waals surface area contributed by atoms with Gasteiger partial charge in [-0.1, -0.05) is 61.3 Å². The van der Waals surface area contributed by atoms with Gasteiger partial charge in [0.25, 0.3) is 5.91 Å². The van der Waals surface area contributed by atoms with Gasteiger partial charge in [0, 0.05) is 6.54 Å². The second kappa shape index (κ2) is 9.04. The van der Waals surface area contributed by atoms with E-state index >= 15 is 0 Å². The number of rotatable bonds is 6. The lowest BCUT2D eigenvalue weighted by molar-refractivity contribution is 0.0932. The van der Waals surface area contributed by atoms with Crippen molar-refractivity contribution in [3.8, 4) is 0 Å². The molecule has 5 nitrogen and oxygen atoms in total. The number of hydrogen-bond donors (Lipinski definition) is 2. The van der Waals surface area contributed by atoms with E-state index in [1.807, 2.05) is 32.0 Å². The van der Waals surface area contributed by atoms with Gasteiger partial charge in [0.05, 0.1) is 21.7 Å². The number of aryl methyl sites for hydroxylation is 1. The van der Waals surface area contributed by atoms with E-state index in [0.29, 0.717) is 0 Å². The van der Waals surface area contributed by atoms with Crippen molar-refractivity contribution in [2.24, 2.45) is 5.92 Å². The summed E-state index contributed by atoms with van der Waals surface area (Å²) in [5, 5.41) is 3.09. The molecule has 0 spiro atoms. The highest BCUT2D eigenvalue weighted by Crippen LogP contribution is 2.32. The van der Waals surface area contributed by atoms with E-state index in [-0.39, 0.29) is 39.0 Å². The molecule has 156 valence electrons. The van der Waals surface area contributed by atoms with Gasteiger partial charge in [-0.05, 0) is 48.4 Å². The van der Waals surface area contributed by atoms with Crippen LogP contribution in [0.4, 0.5) is 0 Å². The van der Waals surface area contributed by atoms with Gasteiger partial charge in [0.15, 0.2) is 0 Å². The highest BCUT2D eigenvalue weighted by atomic mass is 35.5. The molecule has 0 radical (unpaired) electrons. The van der Waals surface area contributed by atoms with E-state index in [9.17, 15) is 13.2 Å². The van der Waals surface area contributed by atoms with Crippen molar-refractivity contribution in [2.75, 3.05) is 6.54 Å². The van der Waals surface area contributed by atoms with E-state index < -0.39 is 15.9 Å². The summed E-state index contributed by atoms with van der Waals surface area (Å²) in [4.78, 5) is 12.8. The zero-order chi connectivity index (χ0) is 21.2. The minimum Gasteiger partial charge on any atom is -0.345 e. The Morgan fingerprint density at radius 1 is 1.17 bits per heavy atom. The highest BCUT2D eigenvalue weighted by molar-refractivity contribution is 7.89. The molecule has 1 aliphatic rings. The summed E-state index contributed by atoms with van der Waals surface area (Å²) in [6.45, 7) is 4.06. The minimum atomic E-state index is -3.86. The van der Waals surface area contributed by atoms with Crippen molar-refractivity contribution in [2.45, 2.75) is 44.0 Å².